The van der Waals surface area contributed by atoms with Crippen LogP contribution in [0.3, 0.4) is 0 Å². The van der Waals surface area contributed by atoms with Crippen LogP contribution in [0.5, 0.6) is 0 Å². The van der Waals surface area contributed by atoms with Crippen molar-refractivity contribution in [3.05, 3.63) is 35.9 Å². The summed E-state index contributed by atoms with van der Waals surface area (Å²) in [5.41, 5.74) is 1.03. The first-order valence-corrected chi connectivity index (χ1v) is 7.28. The maximum atomic E-state index is 12.0. The predicted molar refractivity (Wildman–Crippen MR) is 79.3 cm³/mol. The van der Waals surface area contributed by atoms with E-state index in [1.165, 1.54) is 0 Å². The lowest BCUT2D eigenvalue weighted by Crippen LogP contribution is -2.38. The van der Waals surface area contributed by atoms with Gasteiger partial charge in [0.1, 0.15) is 6.61 Å². The Morgan fingerprint density at radius 2 is 2.20 bits per heavy atom. The molecule has 1 aromatic carbocycles. The molecule has 4 heteroatoms. The highest BCUT2D eigenvalue weighted by Crippen LogP contribution is 2.11. The zero-order chi connectivity index (χ0) is 14.4. The summed E-state index contributed by atoms with van der Waals surface area (Å²) >= 11 is 0. The van der Waals surface area contributed by atoms with Gasteiger partial charge in [0, 0.05) is 19.1 Å². The minimum atomic E-state index is -0.119. The fourth-order valence-electron chi connectivity index (χ4n) is 2.54. The van der Waals surface area contributed by atoms with Crippen molar-refractivity contribution >= 4 is 5.97 Å². The van der Waals surface area contributed by atoms with Gasteiger partial charge in [-0.3, -0.25) is 4.79 Å². The van der Waals surface area contributed by atoms with Gasteiger partial charge in [-0.1, -0.05) is 37.3 Å². The molecule has 1 N–H and O–H groups in total. The number of nitrogens with one attached hydrogen (secondary N) is 1. The van der Waals surface area contributed by atoms with Crippen LogP contribution in [0.2, 0.25) is 0 Å². The molecule has 0 saturated carbocycles. The lowest BCUT2D eigenvalue weighted by Gasteiger charge is -2.25. The van der Waals surface area contributed by atoms with Crippen LogP contribution in [0.4, 0.5) is 0 Å². The van der Waals surface area contributed by atoms with Gasteiger partial charge in [-0.05, 0) is 25.6 Å². The van der Waals surface area contributed by atoms with Crippen LogP contribution in [-0.2, 0) is 16.1 Å². The van der Waals surface area contributed by atoms with Crippen molar-refractivity contribution in [3.63, 3.8) is 0 Å². The second-order valence-electron chi connectivity index (χ2n) is 5.58. The van der Waals surface area contributed by atoms with Gasteiger partial charge in [0.25, 0.3) is 0 Å². The number of carbonyl (C=O) groups is 1. The summed E-state index contributed by atoms with van der Waals surface area (Å²) in [6, 6.07) is 10.3. The van der Waals surface area contributed by atoms with Gasteiger partial charge < -0.3 is 15.0 Å². The topological polar surface area (TPSA) is 41.6 Å². The van der Waals surface area contributed by atoms with Gasteiger partial charge >= 0.3 is 5.97 Å². The summed E-state index contributed by atoms with van der Waals surface area (Å²) in [5.74, 6) is -0.212. The van der Waals surface area contributed by atoms with E-state index in [0.717, 1.165) is 31.6 Å². The van der Waals surface area contributed by atoms with E-state index in [9.17, 15) is 4.79 Å². The number of likely N-dealkylation sites (N-methyl/N-ethyl adjacent to an activating group) is 1. The molecule has 0 aliphatic carbocycles. The van der Waals surface area contributed by atoms with Gasteiger partial charge in [0.05, 0.1) is 5.92 Å². The van der Waals surface area contributed by atoms with Gasteiger partial charge in [-0.2, -0.15) is 0 Å². The van der Waals surface area contributed by atoms with Crippen LogP contribution in [-0.4, -0.2) is 43.6 Å². The lowest BCUT2D eigenvalue weighted by atomic mass is 10.1. The van der Waals surface area contributed by atoms with Crippen molar-refractivity contribution in [2.45, 2.75) is 26.0 Å². The summed E-state index contributed by atoms with van der Waals surface area (Å²) in [4.78, 5) is 14.3. The molecule has 0 aromatic heterocycles. The Labute approximate surface area is 121 Å². The first kappa shape index (κ1) is 15.0. The fourth-order valence-corrected chi connectivity index (χ4v) is 2.54. The molecule has 1 saturated heterocycles. The third-order valence-corrected chi connectivity index (χ3v) is 3.85. The minimum Gasteiger partial charge on any atom is -0.461 e. The maximum absolute atomic E-state index is 12.0. The minimum absolute atomic E-state index is 0.0932. The normalized spacial score (nSPS) is 20.1. The Balaban J connectivity index is 1.74. The highest BCUT2D eigenvalue weighted by molar-refractivity contribution is 5.72. The number of hydrogen-bond acceptors (Lipinski definition) is 4. The molecule has 0 spiro atoms. The van der Waals surface area contributed by atoms with Gasteiger partial charge in [0.15, 0.2) is 0 Å². The summed E-state index contributed by atoms with van der Waals surface area (Å²) in [6.45, 7) is 5.13. The number of carbonyl (C=O) groups excluding carboxylic acids is 1. The molecule has 1 aromatic rings. The molecule has 0 amide bonds. The first-order chi connectivity index (χ1) is 9.66. The molecule has 4 nitrogen and oxygen atoms in total. The van der Waals surface area contributed by atoms with Crippen LogP contribution in [0.15, 0.2) is 30.3 Å². The summed E-state index contributed by atoms with van der Waals surface area (Å²) < 4.78 is 5.37. The Kier molecular flexibility index (Phi) is 5.56. The van der Waals surface area contributed by atoms with Crippen LogP contribution in [0.1, 0.15) is 18.9 Å². The Hall–Kier alpha value is -1.39. The van der Waals surface area contributed by atoms with Gasteiger partial charge in [0.2, 0.25) is 0 Å². The molecule has 20 heavy (non-hydrogen) atoms. The van der Waals surface area contributed by atoms with Crippen LogP contribution in [0.25, 0.3) is 0 Å². The van der Waals surface area contributed by atoms with Gasteiger partial charge in [-0.15, -0.1) is 0 Å². The van der Waals surface area contributed by atoms with Crippen LogP contribution in [0, 0.1) is 5.92 Å². The molecule has 0 radical (unpaired) electrons. The van der Waals surface area contributed by atoms with E-state index in [0.29, 0.717) is 12.6 Å². The number of nitrogens with zero attached hydrogens (tertiary/aromatic N) is 1. The smallest absolute Gasteiger partial charge is 0.310 e. The molecular weight excluding hydrogens is 252 g/mol. The number of ether oxygens (including phenoxy) is 1. The molecule has 2 atom stereocenters. The Morgan fingerprint density at radius 3 is 2.85 bits per heavy atom. The van der Waals surface area contributed by atoms with Crippen molar-refractivity contribution in [2.24, 2.45) is 5.92 Å². The molecule has 1 aliphatic heterocycles. The van der Waals surface area contributed by atoms with Crippen molar-refractivity contribution in [1.82, 2.24) is 10.2 Å². The third kappa shape index (κ3) is 4.32. The quantitative estimate of drug-likeness (QED) is 0.802. The molecule has 1 heterocycles. The molecule has 1 fully saturated rings. The Morgan fingerprint density at radius 1 is 1.45 bits per heavy atom. The third-order valence-electron chi connectivity index (χ3n) is 3.85. The second kappa shape index (κ2) is 7.41. The van der Waals surface area contributed by atoms with Crippen molar-refractivity contribution in [1.29, 1.82) is 0 Å². The molecule has 2 unspecified atom stereocenters. The van der Waals surface area contributed by atoms with Crippen molar-refractivity contribution < 1.29 is 9.53 Å². The monoisotopic (exact) mass is 276 g/mol. The average molecular weight is 276 g/mol. The summed E-state index contributed by atoms with van der Waals surface area (Å²) in [7, 11) is 2.08. The number of hydrogen-bond donors (Lipinski definition) is 1. The summed E-state index contributed by atoms with van der Waals surface area (Å²) in [6.07, 6.45) is 1.16. The molecule has 110 valence electrons. The predicted octanol–water partition coefficient (Wildman–Crippen LogP) is 1.66. The highest BCUT2D eigenvalue weighted by Gasteiger charge is 2.23. The molecule has 1 aliphatic rings. The zero-order valence-corrected chi connectivity index (χ0v) is 12.3. The van der Waals surface area contributed by atoms with E-state index in [4.69, 9.17) is 4.74 Å². The number of benzene rings is 1. The lowest BCUT2D eigenvalue weighted by molar-refractivity contribution is -0.150. The molecule has 0 bridgehead atoms. The number of esters is 1. The van der Waals surface area contributed by atoms with Crippen LogP contribution >= 0.6 is 0 Å². The molecular formula is C16H24N2O2. The molecule has 2 rings (SSSR count). The standard InChI is InChI=1S/C16H24N2O2/c1-13(11-18(2)15-8-9-17-10-15)16(19)20-12-14-6-4-3-5-7-14/h3-7,13,15,17H,8-12H2,1-2H3. The van der Waals surface area contributed by atoms with Gasteiger partial charge in [-0.25, -0.2) is 0 Å². The van der Waals surface area contributed by atoms with E-state index < -0.39 is 0 Å². The maximum Gasteiger partial charge on any atom is 0.310 e. The van der Waals surface area contributed by atoms with E-state index in [2.05, 4.69) is 17.3 Å². The van der Waals surface area contributed by atoms with E-state index in [1.807, 2.05) is 37.3 Å². The first-order valence-electron chi connectivity index (χ1n) is 7.28. The van der Waals surface area contributed by atoms with Crippen molar-refractivity contribution in [2.75, 3.05) is 26.7 Å². The summed E-state index contributed by atoms with van der Waals surface area (Å²) in [5, 5.41) is 3.34. The average Bonchev–Trinajstić information content (AvgIpc) is 3.00. The Bertz CT molecular complexity index is 416. The zero-order valence-electron chi connectivity index (χ0n) is 12.3. The fraction of sp³-hybridized carbons (Fsp3) is 0.562. The largest absolute Gasteiger partial charge is 0.461 e. The SMILES string of the molecule is CC(CN(C)C1CCNC1)C(=O)OCc1ccccc1. The second-order valence-corrected chi connectivity index (χ2v) is 5.58. The van der Waals surface area contributed by atoms with E-state index >= 15 is 0 Å². The van der Waals surface area contributed by atoms with Crippen molar-refractivity contribution in [3.8, 4) is 0 Å². The number of rotatable bonds is 6. The van der Waals surface area contributed by atoms with Crippen LogP contribution < -0.4 is 5.32 Å². The highest BCUT2D eigenvalue weighted by atomic mass is 16.5. The van der Waals surface area contributed by atoms with E-state index in [1.54, 1.807) is 0 Å². The van der Waals surface area contributed by atoms with E-state index in [-0.39, 0.29) is 11.9 Å².